The average molecular weight is 386 g/mol. The molecule has 0 aliphatic rings. The molecule has 3 rings (SSSR count). The van der Waals surface area contributed by atoms with Crippen LogP contribution in [0.15, 0.2) is 30.5 Å². The summed E-state index contributed by atoms with van der Waals surface area (Å²) in [5, 5.41) is 17.8. The van der Waals surface area contributed by atoms with E-state index in [1.54, 1.807) is 39.7 Å². The van der Waals surface area contributed by atoms with Crippen LogP contribution in [0.3, 0.4) is 0 Å². The molecule has 8 heteroatoms. The van der Waals surface area contributed by atoms with Crippen LogP contribution in [-0.4, -0.2) is 50.9 Å². The topological polar surface area (TPSA) is 95.1 Å². The van der Waals surface area contributed by atoms with Crippen molar-refractivity contribution in [2.45, 2.75) is 0 Å². The van der Waals surface area contributed by atoms with Crippen molar-refractivity contribution >= 4 is 0 Å². The standard InChI is InChI=1S/C20H22N2O6/c1-24-14-7-6-12(18(23)20(14)28-5)17-13(10-21-22-17)11-8-15(25-2)19(27-4)16(9-11)26-3/h6-10,23H,1-5H3,(H,21,22). The molecule has 0 unspecified atom stereocenters. The quantitative estimate of drug-likeness (QED) is 0.642. The van der Waals surface area contributed by atoms with Crippen LogP contribution < -0.4 is 23.7 Å². The molecule has 0 saturated carbocycles. The van der Waals surface area contributed by atoms with E-state index in [1.807, 2.05) is 12.1 Å². The molecule has 0 saturated heterocycles. The SMILES string of the molecule is COc1cc(-c2cn[nH]c2-c2ccc(OC)c(OC)c2O)cc(OC)c1OC. The Balaban J connectivity index is 2.19. The van der Waals surface area contributed by atoms with Crippen molar-refractivity contribution in [2.75, 3.05) is 35.5 Å². The number of ether oxygens (including phenoxy) is 5. The van der Waals surface area contributed by atoms with Gasteiger partial charge in [0.1, 0.15) is 0 Å². The predicted octanol–water partition coefficient (Wildman–Crippen LogP) is 3.49. The number of phenolic OH excluding ortho intramolecular Hbond substituents is 1. The van der Waals surface area contributed by atoms with Gasteiger partial charge in [-0.1, -0.05) is 0 Å². The summed E-state index contributed by atoms with van der Waals surface area (Å²) >= 11 is 0. The minimum atomic E-state index is -0.0557. The smallest absolute Gasteiger partial charge is 0.203 e. The zero-order valence-corrected chi connectivity index (χ0v) is 16.3. The maximum Gasteiger partial charge on any atom is 0.203 e. The number of hydrogen-bond donors (Lipinski definition) is 2. The van der Waals surface area contributed by atoms with Gasteiger partial charge in [0.2, 0.25) is 11.5 Å². The second-order valence-corrected chi connectivity index (χ2v) is 5.77. The molecule has 3 aromatic rings. The molecule has 0 atom stereocenters. The summed E-state index contributed by atoms with van der Waals surface area (Å²) in [7, 11) is 7.63. The average Bonchev–Trinajstić information content (AvgIpc) is 3.21. The number of nitrogens with one attached hydrogen (secondary N) is 1. The number of H-pyrrole nitrogens is 1. The van der Waals surface area contributed by atoms with E-state index in [0.29, 0.717) is 34.3 Å². The monoisotopic (exact) mass is 386 g/mol. The molecule has 2 aromatic carbocycles. The van der Waals surface area contributed by atoms with Gasteiger partial charge in [-0.25, -0.2) is 0 Å². The lowest BCUT2D eigenvalue weighted by atomic mass is 10.00. The van der Waals surface area contributed by atoms with E-state index in [4.69, 9.17) is 23.7 Å². The lowest BCUT2D eigenvalue weighted by Crippen LogP contribution is -1.96. The number of aromatic nitrogens is 2. The van der Waals surface area contributed by atoms with Gasteiger partial charge >= 0.3 is 0 Å². The van der Waals surface area contributed by atoms with Gasteiger partial charge in [-0.05, 0) is 29.8 Å². The van der Waals surface area contributed by atoms with Crippen LogP contribution in [0.5, 0.6) is 34.5 Å². The van der Waals surface area contributed by atoms with Crippen molar-refractivity contribution in [2.24, 2.45) is 0 Å². The molecule has 0 amide bonds. The first-order valence-electron chi connectivity index (χ1n) is 8.37. The first-order valence-corrected chi connectivity index (χ1v) is 8.37. The number of nitrogens with zero attached hydrogens (tertiary/aromatic N) is 1. The van der Waals surface area contributed by atoms with Gasteiger partial charge in [-0.15, -0.1) is 0 Å². The number of aromatic amines is 1. The number of methoxy groups -OCH3 is 5. The fraction of sp³-hybridized carbons (Fsp3) is 0.250. The van der Waals surface area contributed by atoms with Gasteiger partial charge in [-0.3, -0.25) is 5.10 Å². The van der Waals surface area contributed by atoms with Crippen LogP contribution in [0.1, 0.15) is 0 Å². The van der Waals surface area contributed by atoms with Crippen LogP contribution in [0.25, 0.3) is 22.4 Å². The molecule has 0 aliphatic heterocycles. The van der Waals surface area contributed by atoms with Crippen LogP contribution in [0.2, 0.25) is 0 Å². The Morgan fingerprint density at radius 2 is 1.36 bits per heavy atom. The number of benzene rings is 2. The lowest BCUT2D eigenvalue weighted by Gasteiger charge is -2.15. The molecule has 0 fully saturated rings. The largest absolute Gasteiger partial charge is 0.504 e. The fourth-order valence-electron chi connectivity index (χ4n) is 3.06. The van der Waals surface area contributed by atoms with Crippen LogP contribution in [0, 0.1) is 0 Å². The molecule has 2 N–H and O–H groups in total. The molecule has 1 aromatic heterocycles. The van der Waals surface area contributed by atoms with Crippen LogP contribution >= 0.6 is 0 Å². The van der Waals surface area contributed by atoms with Crippen molar-refractivity contribution in [1.82, 2.24) is 10.2 Å². The predicted molar refractivity (Wildman–Crippen MR) is 104 cm³/mol. The van der Waals surface area contributed by atoms with Gasteiger partial charge in [0.25, 0.3) is 0 Å². The van der Waals surface area contributed by atoms with E-state index in [0.717, 1.165) is 11.1 Å². The van der Waals surface area contributed by atoms with Crippen molar-refractivity contribution in [1.29, 1.82) is 0 Å². The summed E-state index contributed by atoms with van der Waals surface area (Å²) in [6.45, 7) is 0. The number of aromatic hydroxyl groups is 1. The third-order valence-electron chi connectivity index (χ3n) is 4.40. The summed E-state index contributed by atoms with van der Waals surface area (Å²) < 4.78 is 26.8. The maximum absolute atomic E-state index is 10.7. The van der Waals surface area contributed by atoms with E-state index in [9.17, 15) is 5.11 Å². The molecular weight excluding hydrogens is 364 g/mol. The third kappa shape index (κ3) is 3.13. The van der Waals surface area contributed by atoms with Crippen molar-refractivity contribution in [3.05, 3.63) is 30.5 Å². The first kappa shape index (κ1) is 19.2. The van der Waals surface area contributed by atoms with E-state index in [1.165, 1.54) is 14.2 Å². The summed E-state index contributed by atoms with van der Waals surface area (Å²) in [6.07, 6.45) is 1.66. The third-order valence-corrected chi connectivity index (χ3v) is 4.40. The molecule has 148 valence electrons. The Kier molecular flexibility index (Phi) is 5.49. The van der Waals surface area contributed by atoms with Gasteiger partial charge in [0.15, 0.2) is 23.0 Å². The first-order chi connectivity index (χ1) is 13.6. The Bertz CT molecular complexity index is 958. The molecule has 1 heterocycles. The van der Waals surface area contributed by atoms with E-state index >= 15 is 0 Å². The second kappa shape index (κ2) is 7.99. The zero-order chi connectivity index (χ0) is 20.3. The zero-order valence-electron chi connectivity index (χ0n) is 16.3. The van der Waals surface area contributed by atoms with E-state index in [2.05, 4.69) is 10.2 Å². The number of hydrogen-bond acceptors (Lipinski definition) is 7. The highest BCUT2D eigenvalue weighted by atomic mass is 16.5. The lowest BCUT2D eigenvalue weighted by molar-refractivity contribution is 0.324. The molecule has 0 bridgehead atoms. The Morgan fingerprint density at radius 1 is 0.750 bits per heavy atom. The number of phenols is 1. The second-order valence-electron chi connectivity index (χ2n) is 5.77. The summed E-state index contributed by atoms with van der Waals surface area (Å²) in [6, 6.07) is 7.07. The van der Waals surface area contributed by atoms with Gasteiger partial charge in [-0.2, -0.15) is 5.10 Å². The highest BCUT2D eigenvalue weighted by Gasteiger charge is 2.21. The number of rotatable bonds is 7. The van der Waals surface area contributed by atoms with Gasteiger partial charge in [0.05, 0.1) is 47.4 Å². The fourth-order valence-corrected chi connectivity index (χ4v) is 3.06. The Hall–Kier alpha value is -3.55. The molecule has 28 heavy (non-hydrogen) atoms. The minimum absolute atomic E-state index is 0.0557. The van der Waals surface area contributed by atoms with E-state index in [-0.39, 0.29) is 11.5 Å². The Morgan fingerprint density at radius 3 is 1.89 bits per heavy atom. The highest BCUT2D eigenvalue weighted by Crippen LogP contribution is 2.47. The minimum Gasteiger partial charge on any atom is -0.504 e. The van der Waals surface area contributed by atoms with Crippen molar-refractivity contribution in [3.8, 4) is 56.9 Å². The molecule has 0 radical (unpaired) electrons. The molecule has 0 aliphatic carbocycles. The van der Waals surface area contributed by atoms with Crippen LogP contribution in [0.4, 0.5) is 0 Å². The summed E-state index contributed by atoms with van der Waals surface area (Å²) in [5.41, 5.74) is 2.63. The summed E-state index contributed by atoms with van der Waals surface area (Å²) in [5.74, 6) is 2.14. The molecular formula is C20H22N2O6. The summed E-state index contributed by atoms with van der Waals surface area (Å²) in [4.78, 5) is 0. The molecule has 0 spiro atoms. The van der Waals surface area contributed by atoms with Gasteiger partial charge < -0.3 is 28.8 Å². The maximum atomic E-state index is 10.7. The van der Waals surface area contributed by atoms with Crippen LogP contribution in [-0.2, 0) is 0 Å². The van der Waals surface area contributed by atoms with E-state index < -0.39 is 0 Å². The highest BCUT2D eigenvalue weighted by molar-refractivity contribution is 5.86. The van der Waals surface area contributed by atoms with Gasteiger partial charge in [0, 0.05) is 11.1 Å². The van der Waals surface area contributed by atoms with Crippen molar-refractivity contribution < 1.29 is 28.8 Å². The normalized spacial score (nSPS) is 10.5. The van der Waals surface area contributed by atoms with Crippen molar-refractivity contribution in [3.63, 3.8) is 0 Å². The Labute approximate surface area is 162 Å². The molecule has 8 nitrogen and oxygen atoms in total.